The number of benzene rings is 1. The van der Waals surface area contributed by atoms with Crippen molar-refractivity contribution in [2.45, 2.75) is 44.6 Å². The average Bonchev–Trinajstić information content (AvgIpc) is 3.30. The molecule has 0 aliphatic heterocycles. The highest BCUT2D eigenvalue weighted by atomic mass is 19.1. The van der Waals surface area contributed by atoms with Crippen molar-refractivity contribution in [3.63, 3.8) is 0 Å². The predicted molar refractivity (Wildman–Crippen MR) is 126 cm³/mol. The van der Waals surface area contributed by atoms with Gasteiger partial charge in [-0.05, 0) is 74.3 Å². The molecular weight excluding hydrogens is 433 g/mol. The molecule has 0 radical (unpaired) electrons. The summed E-state index contributed by atoms with van der Waals surface area (Å²) in [4.78, 5) is 16.5. The fraction of sp³-hybridized carbons (Fsp3) is 0.385. The smallest absolute Gasteiger partial charge is 0.407 e. The summed E-state index contributed by atoms with van der Waals surface area (Å²) in [5, 5.41) is 14.7. The number of hydrogen-bond donors (Lipinski definition) is 2. The molecule has 1 amide bonds. The van der Waals surface area contributed by atoms with Crippen LogP contribution in [0, 0.1) is 17.7 Å². The van der Waals surface area contributed by atoms with E-state index in [9.17, 15) is 9.18 Å². The number of hydrogen-bond acceptors (Lipinski definition) is 5. The van der Waals surface area contributed by atoms with E-state index >= 15 is 0 Å². The molecule has 1 saturated carbocycles. The zero-order valence-corrected chi connectivity index (χ0v) is 19.1. The molecule has 176 valence electrons. The van der Waals surface area contributed by atoms with E-state index < -0.39 is 0 Å². The van der Waals surface area contributed by atoms with Crippen LogP contribution in [0.3, 0.4) is 0 Å². The van der Waals surface area contributed by atoms with Gasteiger partial charge in [0.1, 0.15) is 5.82 Å². The summed E-state index contributed by atoms with van der Waals surface area (Å²) in [7, 11) is 0. The van der Waals surface area contributed by atoms with Gasteiger partial charge in [-0.2, -0.15) is 15.4 Å². The van der Waals surface area contributed by atoms with Gasteiger partial charge in [-0.15, -0.1) is 0 Å². The van der Waals surface area contributed by atoms with Gasteiger partial charge in [0.25, 0.3) is 0 Å². The number of amides is 1. The average molecular weight is 462 g/mol. The maximum absolute atomic E-state index is 13.5. The van der Waals surface area contributed by atoms with Crippen molar-refractivity contribution in [3.8, 4) is 11.1 Å². The minimum Gasteiger partial charge on any atom is -0.450 e. The Balaban J connectivity index is 1.32. The molecule has 5 rings (SSSR count). The Labute approximate surface area is 197 Å². The lowest BCUT2D eigenvalue weighted by atomic mass is 9.64. The van der Waals surface area contributed by atoms with Gasteiger partial charge in [0.05, 0.1) is 23.7 Å². The molecule has 8 heteroatoms. The van der Waals surface area contributed by atoms with Crippen molar-refractivity contribution in [1.82, 2.24) is 25.7 Å². The number of carbonyl (C=O) groups is 1. The number of halogens is 1. The number of pyridine rings is 1. The van der Waals surface area contributed by atoms with Crippen molar-refractivity contribution >= 4 is 12.2 Å². The number of nitrogens with zero attached hydrogens (tertiary/aromatic N) is 3. The van der Waals surface area contributed by atoms with Crippen LogP contribution >= 0.6 is 0 Å². The summed E-state index contributed by atoms with van der Waals surface area (Å²) in [6, 6.07) is 10.5. The van der Waals surface area contributed by atoms with Crippen LogP contribution in [0.5, 0.6) is 0 Å². The quantitative estimate of drug-likeness (QED) is 0.564. The first-order valence-electron chi connectivity index (χ1n) is 11.8. The fourth-order valence-corrected chi connectivity index (χ4v) is 5.37. The molecular formula is C26H28FN5O2. The second-order valence-electron chi connectivity index (χ2n) is 9.03. The Morgan fingerprint density at radius 1 is 1.24 bits per heavy atom. The van der Waals surface area contributed by atoms with Crippen LogP contribution in [-0.2, 0) is 11.2 Å². The Morgan fingerprint density at radius 3 is 2.94 bits per heavy atom. The lowest BCUT2D eigenvalue weighted by Gasteiger charge is -2.41. The first kappa shape index (κ1) is 22.3. The predicted octanol–water partition coefficient (Wildman–Crippen LogP) is 4.89. The fourth-order valence-electron chi connectivity index (χ4n) is 5.37. The van der Waals surface area contributed by atoms with E-state index in [0.717, 1.165) is 53.9 Å². The van der Waals surface area contributed by atoms with Gasteiger partial charge < -0.3 is 10.1 Å². The Kier molecular flexibility index (Phi) is 6.38. The number of allylic oxidation sites excluding steroid dienone is 1. The van der Waals surface area contributed by atoms with Crippen LogP contribution in [0.4, 0.5) is 9.18 Å². The topological polar surface area (TPSA) is 92.8 Å². The maximum atomic E-state index is 13.5. The van der Waals surface area contributed by atoms with E-state index in [1.54, 1.807) is 12.3 Å². The molecule has 0 saturated heterocycles. The number of nitrogens with one attached hydrogen (secondary N) is 2. The third-order valence-corrected chi connectivity index (χ3v) is 6.94. The highest BCUT2D eigenvalue weighted by Crippen LogP contribution is 2.46. The number of fused-ring (bicyclic) bond motifs is 2. The molecule has 4 atom stereocenters. The van der Waals surface area contributed by atoms with E-state index in [2.05, 4.69) is 31.8 Å². The van der Waals surface area contributed by atoms with E-state index in [1.807, 2.05) is 31.2 Å². The lowest BCUT2D eigenvalue weighted by molar-refractivity contribution is 0.128. The number of alkyl carbamates (subject to hydrolysis) is 1. The van der Waals surface area contributed by atoms with E-state index in [-0.39, 0.29) is 23.9 Å². The third kappa shape index (κ3) is 4.71. The zero-order chi connectivity index (χ0) is 23.5. The molecule has 1 fully saturated rings. The molecule has 34 heavy (non-hydrogen) atoms. The molecule has 2 N–H and O–H groups in total. The van der Waals surface area contributed by atoms with Crippen molar-refractivity contribution in [2.24, 2.45) is 11.8 Å². The van der Waals surface area contributed by atoms with E-state index in [0.29, 0.717) is 18.4 Å². The van der Waals surface area contributed by atoms with Gasteiger partial charge in [-0.25, -0.2) is 9.18 Å². The molecule has 0 unspecified atom stereocenters. The molecule has 3 aromatic rings. The maximum Gasteiger partial charge on any atom is 0.407 e. The molecule has 0 spiro atoms. The van der Waals surface area contributed by atoms with Gasteiger partial charge in [-0.3, -0.25) is 4.98 Å². The SMILES string of the molecule is CCOC(=O)N[C@@H]1CC[C@@H]2[C@H](Cc3n[nH]nc3[C@H]2C=Cc2ccc(-c3cccc(F)c3)cn2)C1. The van der Waals surface area contributed by atoms with Gasteiger partial charge in [0.2, 0.25) is 0 Å². The molecule has 1 aromatic carbocycles. The number of H-pyrrole nitrogens is 1. The number of ether oxygens (including phenoxy) is 1. The third-order valence-electron chi connectivity index (χ3n) is 6.94. The minimum atomic E-state index is -0.340. The number of aromatic amines is 1. The second-order valence-corrected chi connectivity index (χ2v) is 9.03. The Morgan fingerprint density at radius 2 is 2.15 bits per heavy atom. The van der Waals surface area contributed by atoms with Crippen LogP contribution < -0.4 is 5.32 Å². The van der Waals surface area contributed by atoms with Gasteiger partial charge in [-0.1, -0.05) is 24.3 Å². The van der Waals surface area contributed by atoms with Crippen LogP contribution in [-0.4, -0.2) is 39.1 Å². The van der Waals surface area contributed by atoms with Crippen LogP contribution in [0.2, 0.25) is 0 Å². The van der Waals surface area contributed by atoms with Crippen molar-refractivity contribution in [2.75, 3.05) is 6.61 Å². The number of aromatic nitrogens is 4. The summed E-state index contributed by atoms with van der Waals surface area (Å²) in [5.74, 6) is 0.724. The monoisotopic (exact) mass is 461 g/mol. The van der Waals surface area contributed by atoms with Crippen LogP contribution in [0.15, 0.2) is 48.7 Å². The van der Waals surface area contributed by atoms with E-state index in [1.165, 1.54) is 12.1 Å². The highest BCUT2D eigenvalue weighted by molar-refractivity contribution is 5.67. The largest absolute Gasteiger partial charge is 0.450 e. The Bertz CT molecular complexity index is 1180. The zero-order valence-electron chi connectivity index (χ0n) is 19.1. The minimum absolute atomic E-state index is 0.121. The first-order valence-corrected chi connectivity index (χ1v) is 11.8. The molecule has 0 bridgehead atoms. The number of rotatable bonds is 5. The highest BCUT2D eigenvalue weighted by Gasteiger charge is 2.41. The molecule has 2 aliphatic rings. The summed E-state index contributed by atoms with van der Waals surface area (Å²) in [6.07, 6.45) is 9.32. The second kappa shape index (κ2) is 9.75. The number of carbonyl (C=O) groups excluding carboxylic acids is 1. The molecule has 2 aromatic heterocycles. The first-order chi connectivity index (χ1) is 16.6. The molecule has 2 aliphatic carbocycles. The van der Waals surface area contributed by atoms with Crippen molar-refractivity contribution in [3.05, 3.63) is 71.6 Å². The van der Waals surface area contributed by atoms with E-state index in [4.69, 9.17) is 4.74 Å². The van der Waals surface area contributed by atoms with Gasteiger partial charge in [0.15, 0.2) is 0 Å². The van der Waals surface area contributed by atoms with Gasteiger partial charge >= 0.3 is 6.09 Å². The normalized spacial score (nSPS) is 23.8. The van der Waals surface area contributed by atoms with Crippen molar-refractivity contribution < 1.29 is 13.9 Å². The van der Waals surface area contributed by atoms with Crippen molar-refractivity contribution in [1.29, 1.82) is 0 Å². The summed E-state index contributed by atoms with van der Waals surface area (Å²) in [6.45, 7) is 2.18. The van der Waals surface area contributed by atoms with Crippen LogP contribution in [0.25, 0.3) is 17.2 Å². The summed E-state index contributed by atoms with van der Waals surface area (Å²) in [5.41, 5.74) is 4.52. The molecule has 2 heterocycles. The molecule has 7 nitrogen and oxygen atoms in total. The standard InChI is InChI=1S/C26H28FN5O2/c1-2-34-26(33)29-21-9-10-22-18(13-21)14-24-25(31-32-30-24)23(22)11-8-20-7-6-17(15-28-20)16-4-3-5-19(27)12-16/h3-8,11-12,15,18,21-23H,2,9-10,13-14H2,1H3,(H,29,33)(H,30,31,32)/t18-,21+,22+,23-/m0/s1. The lowest BCUT2D eigenvalue weighted by Crippen LogP contribution is -2.44. The Hall–Kier alpha value is -3.55. The summed E-state index contributed by atoms with van der Waals surface area (Å²) < 4.78 is 18.6. The van der Waals surface area contributed by atoms with Gasteiger partial charge in [0, 0.05) is 23.7 Å². The summed E-state index contributed by atoms with van der Waals surface area (Å²) >= 11 is 0. The van der Waals surface area contributed by atoms with Crippen LogP contribution in [0.1, 0.15) is 49.2 Å².